The van der Waals surface area contributed by atoms with Crippen molar-refractivity contribution in [1.29, 1.82) is 0 Å². The molecule has 1 aromatic heterocycles. The summed E-state index contributed by atoms with van der Waals surface area (Å²) in [5.74, 6) is -0.279. The first-order valence-electron chi connectivity index (χ1n) is 8.84. The van der Waals surface area contributed by atoms with E-state index in [0.29, 0.717) is 18.0 Å². The van der Waals surface area contributed by atoms with Crippen LogP contribution in [0.1, 0.15) is 24.1 Å². The van der Waals surface area contributed by atoms with Crippen LogP contribution in [-0.4, -0.2) is 37.9 Å². The number of benzene rings is 1. The molecule has 1 saturated heterocycles. The van der Waals surface area contributed by atoms with Crippen molar-refractivity contribution >= 4 is 10.0 Å². The van der Waals surface area contributed by atoms with Crippen molar-refractivity contribution in [3.63, 3.8) is 0 Å². The number of hydrogen-bond acceptors (Lipinski definition) is 4. The van der Waals surface area contributed by atoms with E-state index in [1.165, 1.54) is 18.2 Å². The Bertz CT molecular complexity index is 807. The summed E-state index contributed by atoms with van der Waals surface area (Å²) in [7, 11) is -3.45. The maximum Gasteiger partial charge on any atom is 0.215 e. The minimum absolute atomic E-state index is 0.191. The third-order valence-corrected chi connectivity index (χ3v) is 5.98. The Morgan fingerprint density at radius 1 is 1.15 bits per heavy atom. The van der Waals surface area contributed by atoms with Crippen LogP contribution in [0.15, 0.2) is 48.7 Å². The molecule has 7 heteroatoms. The normalized spacial score (nSPS) is 16.7. The fourth-order valence-electron chi connectivity index (χ4n) is 3.21. The molecule has 1 aliphatic heterocycles. The fourth-order valence-corrected chi connectivity index (χ4v) is 4.42. The highest BCUT2D eigenvalue weighted by Crippen LogP contribution is 2.18. The number of sulfonamides is 1. The molecular weight excluding hydrogens is 353 g/mol. The second-order valence-corrected chi connectivity index (χ2v) is 8.58. The molecular formula is C19H24FN3O2S. The Balaban J connectivity index is 1.43. The molecule has 5 nitrogen and oxygen atoms in total. The number of nitrogens with zero attached hydrogens (tertiary/aromatic N) is 2. The van der Waals surface area contributed by atoms with Crippen LogP contribution in [0.5, 0.6) is 0 Å². The minimum atomic E-state index is -3.45. The standard InChI is InChI=1S/C19H24FN3O2S/c20-18-5-3-4-17(12-18)15-26(24,25)22-13-16-7-10-23(11-8-16)14-19-6-1-2-9-21-19/h1-6,9,12,16,22H,7-8,10-11,13-15H2. The predicted octanol–water partition coefficient (Wildman–Crippen LogP) is 2.55. The summed E-state index contributed by atoms with van der Waals surface area (Å²) >= 11 is 0. The van der Waals surface area contributed by atoms with Gasteiger partial charge in [-0.05, 0) is 61.7 Å². The van der Waals surface area contributed by atoms with Crippen LogP contribution in [0.25, 0.3) is 0 Å². The van der Waals surface area contributed by atoms with Crippen molar-refractivity contribution in [1.82, 2.24) is 14.6 Å². The van der Waals surface area contributed by atoms with Crippen LogP contribution < -0.4 is 4.72 Å². The topological polar surface area (TPSA) is 62.3 Å². The summed E-state index contributed by atoms with van der Waals surface area (Å²) in [6, 6.07) is 11.6. The zero-order valence-corrected chi connectivity index (χ0v) is 15.5. The lowest BCUT2D eigenvalue weighted by Gasteiger charge is -2.31. The first-order valence-corrected chi connectivity index (χ1v) is 10.5. The van der Waals surface area contributed by atoms with E-state index < -0.39 is 15.8 Å². The van der Waals surface area contributed by atoms with Gasteiger partial charge in [-0.1, -0.05) is 18.2 Å². The van der Waals surface area contributed by atoms with Crippen molar-refractivity contribution in [2.75, 3.05) is 19.6 Å². The van der Waals surface area contributed by atoms with E-state index in [-0.39, 0.29) is 5.75 Å². The summed E-state index contributed by atoms with van der Waals surface area (Å²) in [6.07, 6.45) is 3.71. The largest absolute Gasteiger partial charge is 0.297 e. The average molecular weight is 377 g/mol. The van der Waals surface area contributed by atoms with Crippen molar-refractivity contribution in [3.05, 3.63) is 65.7 Å². The summed E-state index contributed by atoms with van der Waals surface area (Å²) in [4.78, 5) is 6.69. The molecule has 3 rings (SSSR count). The van der Waals surface area contributed by atoms with Gasteiger partial charge in [-0.3, -0.25) is 9.88 Å². The van der Waals surface area contributed by atoms with Gasteiger partial charge in [-0.2, -0.15) is 0 Å². The Hall–Kier alpha value is -1.83. The number of halogens is 1. The second-order valence-electron chi connectivity index (χ2n) is 6.78. The van der Waals surface area contributed by atoms with E-state index in [0.717, 1.165) is 38.2 Å². The number of rotatable bonds is 7. The predicted molar refractivity (Wildman–Crippen MR) is 99.3 cm³/mol. The van der Waals surface area contributed by atoms with E-state index >= 15 is 0 Å². The van der Waals surface area contributed by atoms with Gasteiger partial charge in [-0.15, -0.1) is 0 Å². The van der Waals surface area contributed by atoms with E-state index in [1.54, 1.807) is 12.3 Å². The minimum Gasteiger partial charge on any atom is -0.297 e. The summed E-state index contributed by atoms with van der Waals surface area (Å²) in [6.45, 7) is 3.15. The third-order valence-electron chi connectivity index (χ3n) is 4.66. The molecule has 0 bridgehead atoms. The van der Waals surface area contributed by atoms with Gasteiger partial charge >= 0.3 is 0 Å². The first-order chi connectivity index (χ1) is 12.5. The van der Waals surface area contributed by atoms with Crippen molar-refractivity contribution in [3.8, 4) is 0 Å². The van der Waals surface area contributed by atoms with Gasteiger partial charge in [0.05, 0.1) is 11.4 Å². The number of hydrogen-bond donors (Lipinski definition) is 1. The van der Waals surface area contributed by atoms with Gasteiger partial charge in [0.2, 0.25) is 10.0 Å². The molecule has 1 aliphatic rings. The molecule has 2 aromatic rings. The fraction of sp³-hybridized carbons (Fsp3) is 0.421. The molecule has 0 radical (unpaired) electrons. The molecule has 26 heavy (non-hydrogen) atoms. The number of likely N-dealkylation sites (tertiary alicyclic amines) is 1. The quantitative estimate of drug-likeness (QED) is 0.806. The van der Waals surface area contributed by atoms with Gasteiger partial charge in [0.15, 0.2) is 0 Å². The van der Waals surface area contributed by atoms with Gasteiger partial charge in [0.25, 0.3) is 0 Å². The summed E-state index contributed by atoms with van der Waals surface area (Å²) in [5, 5.41) is 0. The molecule has 0 amide bonds. The van der Waals surface area contributed by atoms with Crippen LogP contribution in [-0.2, 0) is 22.3 Å². The lowest BCUT2D eigenvalue weighted by Crippen LogP contribution is -2.38. The molecule has 1 N–H and O–H groups in total. The van der Waals surface area contributed by atoms with Crippen molar-refractivity contribution in [2.24, 2.45) is 5.92 Å². The smallest absolute Gasteiger partial charge is 0.215 e. The zero-order chi connectivity index (χ0) is 18.4. The monoisotopic (exact) mass is 377 g/mol. The van der Waals surface area contributed by atoms with Gasteiger partial charge < -0.3 is 0 Å². The first kappa shape index (κ1) is 18.9. The molecule has 0 spiro atoms. The zero-order valence-electron chi connectivity index (χ0n) is 14.6. The molecule has 2 heterocycles. The average Bonchev–Trinajstić information content (AvgIpc) is 2.62. The summed E-state index contributed by atoms with van der Waals surface area (Å²) < 4.78 is 40.3. The molecule has 0 aliphatic carbocycles. The number of nitrogens with one attached hydrogen (secondary N) is 1. The Kier molecular flexibility index (Phi) is 6.34. The maximum absolute atomic E-state index is 13.2. The number of aromatic nitrogens is 1. The molecule has 0 saturated carbocycles. The van der Waals surface area contributed by atoms with Crippen LogP contribution in [0, 0.1) is 11.7 Å². The highest BCUT2D eigenvalue weighted by Gasteiger charge is 2.21. The van der Waals surface area contributed by atoms with Crippen LogP contribution >= 0.6 is 0 Å². The SMILES string of the molecule is O=S(=O)(Cc1cccc(F)c1)NCC1CCN(Cc2ccccn2)CC1. The van der Waals surface area contributed by atoms with E-state index in [1.807, 2.05) is 18.2 Å². The highest BCUT2D eigenvalue weighted by atomic mass is 32.2. The van der Waals surface area contributed by atoms with Gasteiger partial charge in [-0.25, -0.2) is 17.5 Å². The Morgan fingerprint density at radius 3 is 2.65 bits per heavy atom. The maximum atomic E-state index is 13.2. The summed E-state index contributed by atoms with van der Waals surface area (Å²) in [5.41, 5.74) is 1.52. The number of pyridine rings is 1. The Morgan fingerprint density at radius 2 is 1.96 bits per heavy atom. The van der Waals surface area contributed by atoms with Crippen molar-refractivity contribution in [2.45, 2.75) is 25.1 Å². The lowest BCUT2D eigenvalue weighted by molar-refractivity contribution is 0.177. The van der Waals surface area contributed by atoms with Crippen molar-refractivity contribution < 1.29 is 12.8 Å². The van der Waals surface area contributed by atoms with E-state index in [9.17, 15) is 12.8 Å². The molecule has 1 aromatic carbocycles. The molecule has 140 valence electrons. The van der Waals surface area contributed by atoms with Crippen LogP contribution in [0.4, 0.5) is 4.39 Å². The molecule has 0 unspecified atom stereocenters. The third kappa shape index (κ3) is 5.86. The Labute approximate surface area is 154 Å². The van der Waals surface area contributed by atoms with E-state index in [2.05, 4.69) is 14.6 Å². The lowest BCUT2D eigenvalue weighted by atomic mass is 9.97. The second kappa shape index (κ2) is 8.70. The van der Waals surface area contributed by atoms with E-state index in [4.69, 9.17) is 0 Å². The van der Waals surface area contributed by atoms with Gasteiger partial charge in [0, 0.05) is 19.3 Å². The van der Waals surface area contributed by atoms with Gasteiger partial charge in [0.1, 0.15) is 5.82 Å². The number of piperidine rings is 1. The van der Waals surface area contributed by atoms with Crippen LogP contribution in [0.2, 0.25) is 0 Å². The van der Waals surface area contributed by atoms with Crippen LogP contribution in [0.3, 0.4) is 0 Å². The highest BCUT2D eigenvalue weighted by molar-refractivity contribution is 7.88. The molecule has 1 fully saturated rings. The molecule has 0 atom stereocenters.